The number of piperidine rings is 2. The van der Waals surface area contributed by atoms with E-state index in [-0.39, 0.29) is 105 Å². The third kappa shape index (κ3) is 21.1. The minimum Gasteiger partial charge on any atom is -0.460 e. The van der Waals surface area contributed by atoms with Gasteiger partial charge >= 0.3 is 5.97 Å². The number of nitrogens with zero attached hydrogens (tertiary/aromatic N) is 5. The van der Waals surface area contributed by atoms with Crippen molar-refractivity contribution in [2.45, 2.75) is 212 Å². The van der Waals surface area contributed by atoms with Crippen LogP contribution in [-0.4, -0.2) is 223 Å². The summed E-state index contributed by atoms with van der Waals surface area (Å²) in [7, 11) is 4.58. The Morgan fingerprint density at radius 1 is 0.775 bits per heavy atom. The molecule has 0 spiro atoms. The molecule has 2 aromatic rings. The minimum absolute atomic E-state index is 0.0115. The highest BCUT2D eigenvalue weighted by Gasteiger charge is 2.53. The van der Waals surface area contributed by atoms with E-state index in [1.165, 1.54) is 18.1 Å². The number of aromatic nitrogens is 3. The quantitative estimate of drug-likeness (QED) is 0.0301. The molecule has 1 aromatic heterocycles. The van der Waals surface area contributed by atoms with Gasteiger partial charge in [0.2, 0.25) is 17.6 Å². The molecule has 0 radical (unpaired) electrons. The van der Waals surface area contributed by atoms with Crippen LogP contribution in [0.25, 0.3) is 0 Å². The van der Waals surface area contributed by atoms with Crippen molar-refractivity contribution in [3.05, 3.63) is 88.8 Å². The van der Waals surface area contributed by atoms with E-state index in [0.717, 1.165) is 16.9 Å². The van der Waals surface area contributed by atoms with Crippen LogP contribution in [0, 0.1) is 35.5 Å². The first-order valence-electron chi connectivity index (χ1n) is 36.2. The number of aliphatic hydroxyl groups excluding tert-OH is 1. The molecule has 1 saturated carbocycles. The van der Waals surface area contributed by atoms with E-state index >= 15 is 0 Å². The Morgan fingerprint density at radius 3 is 2.28 bits per heavy atom. The number of benzene rings is 1. The SMILES string of the molecule is CO[C@H]1C[C@@H]2CC[C@@H](C)[C@@](O)(O2)C(=O)C(=O)N2CCCC[C@H]2C(=O)O[C@H]([C@H](C)C[C@@H]2CC[C@@H](OCCOCc3cn(CCOCCOCCNc4cccc5c4C(=O)N(C4CCC(=O)NC4=O)C5=O)nn3)[C@H](OC)C2)CC(=O)[C@H](C)/C=C(\C)[C@@H](O)[C@@H](OC)C(=O)[C@H](C)C[C@H](C)C=CC=C/C=C/1C. The fourth-order valence-corrected chi connectivity index (χ4v) is 14.6. The number of rotatable bonds is 23. The largest absolute Gasteiger partial charge is 0.460 e. The van der Waals surface area contributed by atoms with Crippen molar-refractivity contribution >= 4 is 58.5 Å². The Kier molecular flexibility index (Phi) is 30.5. The highest BCUT2D eigenvalue weighted by Crippen LogP contribution is 2.39. The highest BCUT2D eigenvalue weighted by molar-refractivity contribution is 6.39. The molecule has 6 heterocycles. The van der Waals surface area contributed by atoms with Crippen LogP contribution in [0.3, 0.4) is 0 Å². The average Bonchev–Trinajstić information content (AvgIpc) is 1.46. The molecule has 1 aliphatic carbocycles. The average molecular weight is 1430 g/mol. The van der Waals surface area contributed by atoms with Gasteiger partial charge in [-0.3, -0.25) is 48.6 Å². The molecule has 5 aliphatic heterocycles. The van der Waals surface area contributed by atoms with Crippen molar-refractivity contribution in [3.8, 4) is 0 Å². The van der Waals surface area contributed by atoms with Gasteiger partial charge in [0.1, 0.15) is 41.9 Å². The third-order valence-corrected chi connectivity index (χ3v) is 20.7. The standard InChI is InChI=1S/C75H107N7O20/c1-45-17-12-11-13-18-46(2)61(94-8)41-54-24-22-51(7)75(93,102-54)69(87)73(91)81-29-15-14-21-58(81)74(92)101-62(42-59(83)47(3)38-50(6)67(86)68(96-10)66(85)49(5)37-45)48(4)39-52-23-26-60(63(40-52)95-9)100-36-35-99-44-53-43-80(79-78-53)30-32-98-34-33-97-31-28-76-56-20-16-19-55-65(56)72(90)82(71(55)89)57-25-27-64(84)77-70(57)88/h11-13,16-20,38,43,45,47-49,51-52,54,57-58,60-63,67-68,76,86,93H,14-15,21-37,39-42,44H2,1-10H3,(H,77,84,88)/b13-11?,17-12?,46-18+,50-38+/t45-,47-,48-,49-,51-,52+,54+,57?,58+,60-,61+,62+,63-,67-,68+,75-/m1/s1. The van der Waals surface area contributed by atoms with Crippen LogP contribution in [-0.2, 0) is 89.3 Å². The maximum Gasteiger partial charge on any atom is 0.329 e. The van der Waals surface area contributed by atoms with Gasteiger partial charge in [0.15, 0.2) is 5.78 Å². The van der Waals surface area contributed by atoms with E-state index in [4.69, 9.17) is 42.6 Å². The summed E-state index contributed by atoms with van der Waals surface area (Å²) < 4.78 is 55.5. The normalized spacial score (nSPS) is 31.6. The van der Waals surface area contributed by atoms with Gasteiger partial charge in [0.25, 0.3) is 23.5 Å². The van der Waals surface area contributed by atoms with Gasteiger partial charge in [0, 0.05) is 77.1 Å². The van der Waals surface area contributed by atoms with E-state index in [1.807, 2.05) is 58.1 Å². The van der Waals surface area contributed by atoms with Crippen LogP contribution in [0.4, 0.5) is 5.69 Å². The molecular weight excluding hydrogens is 1320 g/mol. The number of esters is 1. The van der Waals surface area contributed by atoms with Crippen molar-refractivity contribution in [2.24, 2.45) is 35.5 Å². The summed E-state index contributed by atoms with van der Waals surface area (Å²) in [6.45, 7) is 15.5. The lowest BCUT2D eigenvalue weighted by molar-refractivity contribution is -0.265. The fourth-order valence-electron chi connectivity index (χ4n) is 14.6. The number of hydrogen-bond acceptors (Lipinski definition) is 23. The van der Waals surface area contributed by atoms with Gasteiger partial charge < -0.3 is 63.1 Å². The number of cyclic esters (lactones) is 1. The number of allylic oxidation sites excluding steroid dienone is 6. The summed E-state index contributed by atoms with van der Waals surface area (Å²) in [5.74, 6) is -10.7. The molecule has 2 bridgehead atoms. The molecule has 5 amide bonds. The highest BCUT2D eigenvalue weighted by atomic mass is 16.6. The summed E-state index contributed by atoms with van der Waals surface area (Å²) in [6, 6.07) is 2.62. The third-order valence-electron chi connectivity index (χ3n) is 20.7. The van der Waals surface area contributed by atoms with E-state index in [2.05, 4.69) is 20.9 Å². The van der Waals surface area contributed by atoms with Gasteiger partial charge in [-0.15, -0.1) is 5.10 Å². The Morgan fingerprint density at radius 2 is 1.54 bits per heavy atom. The maximum atomic E-state index is 14.7. The monoisotopic (exact) mass is 1430 g/mol. The number of fused-ring (bicyclic) bond motifs is 4. The van der Waals surface area contributed by atoms with Crippen LogP contribution < -0.4 is 10.6 Å². The number of carbonyl (C=O) groups is 9. The summed E-state index contributed by atoms with van der Waals surface area (Å²) >= 11 is 0. The van der Waals surface area contributed by atoms with E-state index in [0.29, 0.717) is 108 Å². The smallest absolute Gasteiger partial charge is 0.329 e. The molecule has 4 N–H and O–H groups in total. The Balaban J connectivity index is 0.818. The van der Waals surface area contributed by atoms with Crippen LogP contribution in [0.1, 0.15) is 165 Å². The lowest BCUT2D eigenvalue weighted by Crippen LogP contribution is -2.61. The predicted octanol–water partition coefficient (Wildman–Crippen LogP) is 6.56. The lowest BCUT2D eigenvalue weighted by atomic mass is 9.78. The van der Waals surface area contributed by atoms with Crippen molar-refractivity contribution in [3.63, 3.8) is 0 Å². The molecule has 6 aliphatic rings. The summed E-state index contributed by atoms with van der Waals surface area (Å²) in [4.78, 5) is 125. The zero-order valence-corrected chi connectivity index (χ0v) is 60.9. The van der Waals surface area contributed by atoms with Gasteiger partial charge in [-0.1, -0.05) is 82.4 Å². The van der Waals surface area contributed by atoms with Crippen molar-refractivity contribution in [1.29, 1.82) is 0 Å². The number of imide groups is 2. The molecule has 27 heteroatoms. The van der Waals surface area contributed by atoms with E-state index < -0.39 is 113 Å². The molecule has 102 heavy (non-hydrogen) atoms. The molecular formula is C75H107N7O20. The van der Waals surface area contributed by atoms with E-state index in [1.54, 1.807) is 64.1 Å². The number of ether oxygens (including phenoxy) is 9. The predicted molar refractivity (Wildman–Crippen MR) is 372 cm³/mol. The number of Topliss-reactive ketones (excluding diaryl/α,β-unsaturated/α-hetero) is 3. The van der Waals surface area contributed by atoms with Crippen molar-refractivity contribution in [2.75, 3.05) is 79.4 Å². The van der Waals surface area contributed by atoms with Crippen LogP contribution in [0.15, 0.2) is 72.0 Å². The van der Waals surface area contributed by atoms with Gasteiger partial charge in [-0.05, 0) is 126 Å². The zero-order chi connectivity index (χ0) is 73.8. The molecule has 8 rings (SSSR count). The minimum atomic E-state index is -2.47. The number of aliphatic hydroxyl groups is 2. The van der Waals surface area contributed by atoms with Crippen molar-refractivity contribution < 1.29 is 96.0 Å². The number of carbonyl (C=O) groups excluding carboxylic acids is 9. The first kappa shape index (κ1) is 80.6. The number of methoxy groups -OCH3 is 3. The molecule has 16 atom stereocenters. The number of ketones is 3. The molecule has 3 saturated heterocycles. The first-order chi connectivity index (χ1) is 48.9. The van der Waals surface area contributed by atoms with Crippen LogP contribution >= 0.6 is 0 Å². The van der Waals surface area contributed by atoms with E-state index in [9.17, 15) is 53.4 Å². The Bertz CT molecular complexity index is 3370. The summed E-state index contributed by atoms with van der Waals surface area (Å²) in [5.41, 5.74) is 2.65. The van der Waals surface area contributed by atoms with Gasteiger partial charge in [-0.25, -0.2) is 9.48 Å². The summed E-state index contributed by atoms with van der Waals surface area (Å²) in [6.07, 6.45) is 13.1. The molecule has 562 valence electrons. The second-order valence-corrected chi connectivity index (χ2v) is 28.3. The second kappa shape index (κ2) is 38.6. The van der Waals surface area contributed by atoms with Crippen molar-refractivity contribution in [1.82, 2.24) is 30.1 Å². The lowest BCUT2D eigenvalue weighted by Gasteiger charge is -2.42. The number of anilines is 1. The van der Waals surface area contributed by atoms with Gasteiger partial charge in [-0.2, -0.15) is 0 Å². The molecule has 27 nitrogen and oxygen atoms in total. The number of amides is 5. The second-order valence-electron chi connectivity index (χ2n) is 28.3. The van der Waals surface area contributed by atoms with Gasteiger partial charge in [0.05, 0.1) is 94.5 Å². The summed E-state index contributed by atoms with van der Waals surface area (Å²) in [5, 5.41) is 37.5. The molecule has 1 unspecified atom stereocenters. The molecule has 4 fully saturated rings. The Labute approximate surface area is 598 Å². The van der Waals surface area contributed by atoms with Crippen LogP contribution in [0.2, 0.25) is 0 Å². The zero-order valence-electron chi connectivity index (χ0n) is 60.9. The topological polar surface area (TPSA) is 338 Å². The number of nitrogens with one attached hydrogen (secondary N) is 2. The first-order valence-corrected chi connectivity index (χ1v) is 36.2. The maximum absolute atomic E-state index is 14.7. The Hall–Kier alpha value is -7.05. The fraction of sp³-hybridized carbons (Fsp3) is 0.667. The number of hydrogen-bond donors (Lipinski definition) is 4. The molecule has 1 aromatic carbocycles. The van der Waals surface area contributed by atoms with Crippen LogP contribution in [0.5, 0.6) is 0 Å².